The molecule has 10 nitrogen and oxygen atoms in total. The summed E-state index contributed by atoms with van der Waals surface area (Å²) < 4.78 is 5.03. The van der Waals surface area contributed by atoms with Crippen molar-refractivity contribution < 1.29 is 29.0 Å². The first kappa shape index (κ1) is 35.3. The van der Waals surface area contributed by atoms with Gasteiger partial charge in [0.25, 0.3) is 0 Å². The third-order valence-corrected chi connectivity index (χ3v) is 9.96. The zero-order valence-electron chi connectivity index (χ0n) is 29.1. The number of ether oxygens (including phenoxy) is 1. The number of likely N-dealkylation sites (tertiary alicyclic amines) is 1. The highest BCUT2D eigenvalue weighted by Gasteiger charge is 2.37. The maximum atomic E-state index is 14.0. The summed E-state index contributed by atoms with van der Waals surface area (Å²) >= 11 is 0. The van der Waals surface area contributed by atoms with E-state index in [1.807, 2.05) is 109 Å². The van der Waals surface area contributed by atoms with E-state index in [9.17, 15) is 24.3 Å². The lowest BCUT2D eigenvalue weighted by Crippen LogP contribution is -2.39. The van der Waals surface area contributed by atoms with Gasteiger partial charge in [-0.15, -0.1) is 0 Å². The van der Waals surface area contributed by atoms with Gasteiger partial charge in [0.2, 0.25) is 11.8 Å². The molecule has 0 radical (unpaired) electrons. The number of para-hydroxylation sites is 1. The lowest BCUT2D eigenvalue weighted by Gasteiger charge is -2.26. The molecule has 5 aromatic carbocycles. The molecule has 10 heteroatoms. The predicted molar refractivity (Wildman–Crippen MR) is 203 cm³/mol. The number of nitrogens with zero attached hydrogens (tertiary/aromatic N) is 3. The summed E-state index contributed by atoms with van der Waals surface area (Å²) in [7, 11) is 0. The van der Waals surface area contributed by atoms with Crippen molar-refractivity contribution in [1.82, 2.24) is 9.80 Å². The number of benzene rings is 5. The van der Waals surface area contributed by atoms with E-state index in [-0.39, 0.29) is 31.5 Å². The smallest absolute Gasteiger partial charge is 0.416 e. The molecule has 0 aromatic heterocycles. The van der Waals surface area contributed by atoms with Crippen molar-refractivity contribution in [1.29, 1.82) is 0 Å². The number of aliphatic carboxylic acids is 1. The first-order chi connectivity index (χ1) is 25.9. The Morgan fingerprint density at radius 2 is 1.53 bits per heavy atom. The molecule has 2 heterocycles. The highest BCUT2D eigenvalue weighted by molar-refractivity contribution is 6.18. The number of nitrogens with one attached hydrogen (secondary N) is 1. The number of anilines is 1. The summed E-state index contributed by atoms with van der Waals surface area (Å²) in [6, 6.07) is 37.9. The molecule has 2 fully saturated rings. The van der Waals surface area contributed by atoms with Gasteiger partial charge in [-0.2, -0.15) is 0 Å². The van der Waals surface area contributed by atoms with Gasteiger partial charge in [0, 0.05) is 30.0 Å². The van der Waals surface area contributed by atoms with E-state index in [0.717, 1.165) is 34.2 Å². The maximum absolute atomic E-state index is 14.0. The number of hydrogen-bond acceptors (Lipinski definition) is 7. The number of fused-ring (bicyclic) bond motifs is 1. The van der Waals surface area contributed by atoms with Gasteiger partial charge in [-0.25, -0.2) is 14.5 Å². The minimum absolute atomic E-state index is 0.0789. The minimum Gasteiger partial charge on any atom is -0.480 e. The molecule has 0 aliphatic carbocycles. The number of carboxylic acids is 1. The Kier molecular flexibility index (Phi) is 10.7. The van der Waals surface area contributed by atoms with Crippen LogP contribution in [-0.4, -0.2) is 76.3 Å². The molecule has 2 aliphatic rings. The Morgan fingerprint density at radius 1 is 0.830 bits per heavy atom. The molecule has 0 bridgehead atoms. The van der Waals surface area contributed by atoms with Crippen molar-refractivity contribution in [3.05, 3.63) is 150 Å². The van der Waals surface area contributed by atoms with Crippen molar-refractivity contribution in [2.24, 2.45) is 4.99 Å². The predicted octanol–water partition coefficient (Wildman–Crippen LogP) is 6.89. The second-order valence-electron chi connectivity index (χ2n) is 13.3. The van der Waals surface area contributed by atoms with Crippen molar-refractivity contribution in [3.8, 4) is 0 Å². The molecule has 5 aromatic rings. The zero-order chi connectivity index (χ0) is 36.7. The second kappa shape index (κ2) is 16.0. The summed E-state index contributed by atoms with van der Waals surface area (Å²) in [6.07, 6.45) is 0.560. The van der Waals surface area contributed by atoms with Gasteiger partial charge in [0.15, 0.2) is 6.04 Å². The summed E-state index contributed by atoms with van der Waals surface area (Å²) in [4.78, 5) is 61.8. The molecule has 2 aliphatic heterocycles. The number of hydrogen-bond donors (Lipinski definition) is 2. The fourth-order valence-electron chi connectivity index (χ4n) is 7.38. The molecule has 0 unspecified atom stereocenters. The van der Waals surface area contributed by atoms with Crippen molar-refractivity contribution >= 4 is 46.0 Å². The van der Waals surface area contributed by atoms with Crippen LogP contribution in [0, 0.1) is 0 Å². The van der Waals surface area contributed by atoms with Crippen molar-refractivity contribution in [2.75, 3.05) is 25.0 Å². The van der Waals surface area contributed by atoms with E-state index in [2.05, 4.69) is 22.3 Å². The molecule has 2 saturated heterocycles. The number of carbonyl (C=O) groups excluding carboxylic acids is 3. The fraction of sp³-hybridized carbons (Fsp3) is 0.233. The van der Waals surface area contributed by atoms with Crippen LogP contribution in [0.3, 0.4) is 0 Å². The highest BCUT2D eigenvalue weighted by atomic mass is 16.6. The molecular formula is C43H40N4O6. The molecule has 0 spiro atoms. The van der Waals surface area contributed by atoms with Crippen LogP contribution in [0.5, 0.6) is 0 Å². The number of amides is 3. The number of imide groups is 1. The highest BCUT2D eigenvalue weighted by Crippen LogP contribution is 2.35. The molecule has 53 heavy (non-hydrogen) atoms. The largest absolute Gasteiger partial charge is 0.480 e. The molecule has 268 valence electrons. The second-order valence-corrected chi connectivity index (χ2v) is 13.3. The lowest BCUT2D eigenvalue weighted by molar-refractivity contribution is -0.139. The van der Waals surface area contributed by atoms with Crippen LogP contribution in [0.25, 0.3) is 10.8 Å². The molecule has 3 amide bonds. The lowest BCUT2D eigenvalue weighted by atomic mass is 9.84. The number of aliphatic imine (C=N–C) groups is 1. The number of cyclic esters (lactones) is 1. The Labute approximate surface area is 307 Å². The first-order valence-corrected chi connectivity index (χ1v) is 17.9. The first-order valence-electron chi connectivity index (χ1n) is 17.9. The van der Waals surface area contributed by atoms with Crippen LogP contribution in [0.1, 0.15) is 47.4 Å². The third kappa shape index (κ3) is 7.88. The van der Waals surface area contributed by atoms with Gasteiger partial charge >= 0.3 is 12.1 Å². The van der Waals surface area contributed by atoms with Gasteiger partial charge in [-0.1, -0.05) is 121 Å². The minimum atomic E-state index is -1.46. The molecule has 2 N–H and O–H groups in total. The van der Waals surface area contributed by atoms with E-state index in [4.69, 9.17) is 9.73 Å². The van der Waals surface area contributed by atoms with Crippen LogP contribution >= 0.6 is 0 Å². The average Bonchev–Trinajstić information content (AvgIpc) is 3.84. The molecular weight excluding hydrogens is 668 g/mol. The van der Waals surface area contributed by atoms with Crippen LogP contribution in [0.4, 0.5) is 10.5 Å². The fourth-order valence-corrected chi connectivity index (χ4v) is 7.38. The van der Waals surface area contributed by atoms with Crippen molar-refractivity contribution in [2.45, 2.75) is 43.8 Å². The van der Waals surface area contributed by atoms with E-state index in [1.54, 1.807) is 6.07 Å². The maximum Gasteiger partial charge on any atom is 0.416 e. The average molecular weight is 709 g/mol. The van der Waals surface area contributed by atoms with Gasteiger partial charge in [-0.3, -0.25) is 19.5 Å². The standard InChI is InChI=1S/C43H40N4O6/c48-38(47-25-26-53-43(47)52)27-35(33-21-11-18-30-15-7-8-19-32(30)33)40(42(50)51)45-39(31-16-5-2-6-17-31)34-20-9-10-22-36(34)44-41(49)37-23-12-24-46(37)28-29-13-3-1-4-14-29/h1-11,13-22,35,37,40H,12,23-28H2,(H,44,49)(H,50,51)/t35-,37+,40+/m1/s1. The molecule has 0 saturated carbocycles. The third-order valence-electron chi connectivity index (χ3n) is 9.96. The van der Waals surface area contributed by atoms with Crippen LogP contribution in [0.15, 0.2) is 132 Å². The number of carbonyl (C=O) groups is 4. The summed E-state index contributed by atoms with van der Waals surface area (Å²) in [5, 5.41) is 15.8. The van der Waals surface area contributed by atoms with Crippen LogP contribution in [-0.2, 0) is 25.7 Å². The quantitative estimate of drug-likeness (QED) is 0.135. The van der Waals surface area contributed by atoms with Gasteiger partial charge < -0.3 is 15.2 Å². The normalized spacial score (nSPS) is 17.4. The monoisotopic (exact) mass is 708 g/mol. The van der Waals surface area contributed by atoms with Crippen LogP contribution < -0.4 is 5.32 Å². The van der Waals surface area contributed by atoms with E-state index in [1.165, 1.54) is 0 Å². The SMILES string of the molecule is O=C(O)[C@@H](N=C(c1ccccc1)c1ccccc1NC(=O)[C@@H]1CCCN1Cc1ccccc1)[C@H](CC(=O)N1CCOC1=O)c1cccc2ccccc12. The summed E-state index contributed by atoms with van der Waals surface area (Å²) in [5.74, 6) is -2.90. The Balaban J connectivity index is 1.29. The van der Waals surface area contributed by atoms with Crippen molar-refractivity contribution in [3.63, 3.8) is 0 Å². The topological polar surface area (TPSA) is 129 Å². The number of carboxylic acid groups (broad SMARTS) is 1. The molecule has 7 rings (SSSR count). The van der Waals surface area contributed by atoms with E-state index >= 15 is 0 Å². The van der Waals surface area contributed by atoms with Gasteiger partial charge in [0.1, 0.15) is 6.61 Å². The Bertz CT molecular complexity index is 2150. The Morgan fingerprint density at radius 3 is 2.28 bits per heavy atom. The van der Waals surface area contributed by atoms with Crippen LogP contribution in [0.2, 0.25) is 0 Å². The van der Waals surface area contributed by atoms with E-state index in [0.29, 0.717) is 41.1 Å². The Hall–Kier alpha value is -6.13. The molecule has 3 atom stereocenters. The van der Waals surface area contributed by atoms with Gasteiger partial charge in [0.05, 0.1) is 24.0 Å². The zero-order valence-corrected chi connectivity index (χ0v) is 29.1. The number of rotatable bonds is 12. The van der Waals surface area contributed by atoms with E-state index < -0.39 is 29.9 Å². The summed E-state index contributed by atoms with van der Waals surface area (Å²) in [6.45, 7) is 1.62. The van der Waals surface area contributed by atoms with Gasteiger partial charge in [-0.05, 0) is 47.4 Å². The summed E-state index contributed by atoms with van der Waals surface area (Å²) in [5.41, 5.74) is 3.77.